The highest BCUT2D eigenvalue weighted by atomic mass is 16.3. The number of aliphatic hydroxyl groups is 1. The van der Waals surface area contributed by atoms with Gasteiger partial charge >= 0.3 is 0 Å². The summed E-state index contributed by atoms with van der Waals surface area (Å²) in [6, 6.07) is 17.6. The molecule has 1 N–H and O–H groups in total. The Labute approximate surface area is 189 Å². The number of amides is 1. The van der Waals surface area contributed by atoms with Gasteiger partial charge in [0.1, 0.15) is 0 Å². The second kappa shape index (κ2) is 10.1. The van der Waals surface area contributed by atoms with Crippen molar-refractivity contribution in [3.8, 4) is 11.1 Å². The van der Waals surface area contributed by atoms with E-state index in [0.29, 0.717) is 5.69 Å². The van der Waals surface area contributed by atoms with Gasteiger partial charge in [-0.05, 0) is 48.1 Å². The molecular weight excluding hydrogens is 402 g/mol. The van der Waals surface area contributed by atoms with E-state index in [2.05, 4.69) is 70.7 Å². The van der Waals surface area contributed by atoms with Gasteiger partial charge in [-0.2, -0.15) is 0 Å². The first-order chi connectivity index (χ1) is 15.5. The van der Waals surface area contributed by atoms with Gasteiger partial charge in [0.05, 0.1) is 18.8 Å². The Morgan fingerprint density at radius 1 is 1.16 bits per heavy atom. The summed E-state index contributed by atoms with van der Waals surface area (Å²) in [7, 11) is 1.66. The van der Waals surface area contributed by atoms with Crippen LogP contribution in [0.5, 0.6) is 0 Å². The van der Waals surface area contributed by atoms with Gasteiger partial charge < -0.3 is 10.0 Å². The van der Waals surface area contributed by atoms with E-state index in [1.165, 1.54) is 27.2 Å². The van der Waals surface area contributed by atoms with Gasteiger partial charge in [-0.25, -0.2) is 4.68 Å². The van der Waals surface area contributed by atoms with Gasteiger partial charge in [-0.15, -0.1) is 5.10 Å². The minimum absolute atomic E-state index is 0.0668. The molecule has 3 aromatic rings. The van der Waals surface area contributed by atoms with Crippen LogP contribution in [-0.4, -0.2) is 69.1 Å². The minimum Gasteiger partial charge on any atom is -0.395 e. The third kappa shape index (κ3) is 5.06. The lowest BCUT2D eigenvalue weighted by Crippen LogP contribution is -2.34. The van der Waals surface area contributed by atoms with E-state index in [1.54, 1.807) is 13.2 Å². The molecule has 0 spiro atoms. The Morgan fingerprint density at radius 3 is 2.69 bits per heavy atom. The number of nitrogens with zero attached hydrogens (tertiary/aromatic N) is 5. The first kappa shape index (κ1) is 22.2. The molecule has 0 radical (unpaired) electrons. The van der Waals surface area contributed by atoms with Gasteiger partial charge in [0.2, 0.25) is 0 Å². The molecule has 1 aromatic heterocycles. The molecular formula is C25H31N5O2. The van der Waals surface area contributed by atoms with Crippen molar-refractivity contribution in [2.24, 2.45) is 0 Å². The normalized spacial score (nSPS) is 15.1. The summed E-state index contributed by atoms with van der Waals surface area (Å²) < 4.78 is 1.83. The van der Waals surface area contributed by atoms with Crippen LogP contribution in [-0.2, 0) is 6.54 Å². The van der Waals surface area contributed by atoms with Crippen molar-refractivity contribution in [1.29, 1.82) is 0 Å². The predicted octanol–water partition coefficient (Wildman–Crippen LogP) is 3.15. The first-order valence-corrected chi connectivity index (χ1v) is 11.2. The number of carbonyl (C=O) groups is 1. The Bertz CT molecular complexity index is 1060. The molecule has 0 atom stereocenters. The SMILES string of the molecule is Cc1ccccc1-c1cccc(CN2CCC(n3cc(C(=O)N(C)CCO)nn3)CC2)c1. The average molecular weight is 434 g/mol. The number of aromatic nitrogens is 3. The molecule has 32 heavy (non-hydrogen) atoms. The van der Waals surface area contributed by atoms with Crippen molar-refractivity contribution in [3.63, 3.8) is 0 Å². The maximum absolute atomic E-state index is 12.3. The van der Waals surface area contributed by atoms with Gasteiger partial charge in [0.25, 0.3) is 5.91 Å². The lowest BCUT2D eigenvalue weighted by Gasteiger charge is -2.31. The molecule has 0 aliphatic carbocycles. The fourth-order valence-electron chi connectivity index (χ4n) is 4.33. The van der Waals surface area contributed by atoms with Crippen LogP contribution >= 0.6 is 0 Å². The van der Waals surface area contributed by atoms with Crippen LogP contribution in [0.1, 0.15) is 40.5 Å². The van der Waals surface area contributed by atoms with Crippen molar-refractivity contribution in [1.82, 2.24) is 24.8 Å². The van der Waals surface area contributed by atoms with Crippen molar-refractivity contribution >= 4 is 5.91 Å². The highest BCUT2D eigenvalue weighted by Crippen LogP contribution is 2.26. The fraction of sp³-hybridized carbons (Fsp3) is 0.400. The number of rotatable bonds is 7. The van der Waals surface area contributed by atoms with Crippen LogP contribution in [0, 0.1) is 6.92 Å². The van der Waals surface area contributed by atoms with Crippen molar-refractivity contribution in [2.75, 3.05) is 33.3 Å². The second-order valence-corrected chi connectivity index (χ2v) is 8.56. The maximum atomic E-state index is 12.3. The van der Waals surface area contributed by atoms with E-state index in [9.17, 15) is 4.79 Å². The molecule has 1 fully saturated rings. The Hall–Kier alpha value is -3.03. The minimum atomic E-state index is -0.212. The van der Waals surface area contributed by atoms with E-state index >= 15 is 0 Å². The highest BCUT2D eigenvalue weighted by molar-refractivity contribution is 5.91. The third-order valence-electron chi connectivity index (χ3n) is 6.23. The monoisotopic (exact) mass is 433 g/mol. The summed E-state index contributed by atoms with van der Waals surface area (Å²) in [4.78, 5) is 16.3. The molecule has 1 aliphatic rings. The molecule has 168 valence electrons. The van der Waals surface area contributed by atoms with Gasteiger partial charge in [-0.3, -0.25) is 9.69 Å². The Balaban J connectivity index is 1.35. The molecule has 7 heteroatoms. The third-order valence-corrected chi connectivity index (χ3v) is 6.23. The molecule has 2 aromatic carbocycles. The fourth-order valence-corrected chi connectivity index (χ4v) is 4.33. The van der Waals surface area contributed by atoms with E-state index in [0.717, 1.165) is 32.5 Å². The van der Waals surface area contributed by atoms with Crippen LogP contribution < -0.4 is 0 Å². The summed E-state index contributed by atoms with van der Waals surface area (Å²) in [6.07, 6.45) is 3.68. The zero-order valence-electron chi connectivity index (χ0n) is 18.8. The molecule has 1 aliphatic heterocycles. The summed E-state index contributed by atoms with van der Waals surface area (Å²) in [6.45, 7) is 5.26. The van der Waals surface area contributed by atoms with Gasteiger partial charge in [0.15, 0.2) is 5.69 Å². The van der Waals surface area contributed by atoms with E-state index in [-0.39, 0.29) is 25.1 Å². The standard InChI is InChI=1S/C25H31N5O2/c1-19-6-3-4-9-23(19)21-8-5-7-20(16-21)17-29-12-10-22(11-13-29)30-18-24(26-27-30)25(32)28(2)14-15-31/h3-9,16,18,22,31H,10-15,17H2,1-2H3. The first-order valence-electron chi connectivity index (χ1n) is 11.2. The lowest BCUT2D eigenvalue weighted by atomic mass is 9.98. The highest BCUT2D eigenvalue weighted by Gasteiger charge is 2.23. The average Bonchev–Trinajstić information content (AvgIpc) is 3.30. The van der Waals surface area contributed by atoms with Gasteiger partial charge in [-0.1, -0.05) is 47.7 Å². The zero-order chi connectivity index (χ0) is 22.5. The molecule has 0 bridgehead atoms. The molecule has 7 nitrogen and oxygen atoms in total. The number of hydrogen-bond donors (Lipinski definition) is 1. The van der Waals surface area contributed by atoms with Gasteiger partial charge in [0, 0.05) is 33.2 Å². The number of aliphatic hydroxyl groups excluding tert-OH is 1. The van der Waals surface area contributed by atoms with Crippen LogP contribution in [0.3, 0.4) is 0 Å². The summed E-state index contributed by atoms with van der Waals surface area (Å²) in [5.41, 5.74) is 5.50. The molecule has 4 rings (SSSR count). The van der Waals surface area contributed by atoms with Crippen LogP contribution in [0.2, 0.25) is 0 Å². The van der Waals surface area contributed by atoms with Crippen LogP contribution in [0.25, 0.3) is 11.1 Å². The molecule has 0 saturated carbocycles. The summed E-state index contributed by atoms with van der Waals surface area (Å²) in [5.74, 6) is -0.212. The van der Waals surface area contributed by atoms with Crippen molar-refractivity contribution < 1.29 is 9.90 Å². The summed E-state index contributed by atoms with van der Waals surface area (Å²) >= 11 is 0. The number of aryl methyl sites for hydroxylation is 1. The largest absolute Gasteiger partial charge is 0.395 e. The quantitative estimate of drug-likeness (QED) is 0.620. The van der Waals surface area contributed by atoms with E-state index in [1.807, 2.05) is 4.68 Å². The number of likely N-dealkylation sites (N-methyl/N-ethyl adjacent to an activating group) is 1. The Kier molecular flexibility index (Phi) is 6.97. The number of likely N-dealkylation sites (tertiary alicyclic amines) is 1. The second-order valence-electron chi connectivity index (χ2n) is 8.56. The summed E-state index contributed by atoms with van der Waals surface area (Å²) in [5, 5.41) is 17.3. The molecule has 1 amide bonds. The van der Waals surface area contributed by atoms with Crippen LogP contribution in [0.15, 0.2) is 54.7 Å². The zero-order valence-corrected chi connectivity index (χ0v) is 18.8. The van der Waals surface area contributed by atoms with E-state index in [4.69, 9.17) is 5.11 Å². The lowest BCUT2D eigenvalue weighted by molar-refractivity contribution is 0.0761. The topological polar surface area (TPSA) is 74.5 Å². The smallest absolute Gasteiger partial charge is 0.275 e. The van der Waals surface area contributed by atoms with Crippen molar-refractivity contribution in [3.05, 3.63) is 71.5 Å². The van der Waals surface area contributed by atoms with Crippen molar-refractivity contribution in [2.45, 2.75) is 32.4 Å². The molecule has 1 saturated heterocycles. The predicted molar refractivity (Wildman–Crippen MR) is 124 cm³/mol. The molecule has 2 heterocycles. The maximum Gasteiger partial charge on any atom is 0.275 e. The number of benzene rings is 2. The number of carbonyl (C=O) groups excluding carboxylic acids is 1. The Morgan fingerprint density at radius 2 is 1.94 bits per heavy atom. The molecule has 0 unspecified atom stereocenters. The number of hydrogen-bond acceptors (Lipinski definition) is 5. The number of piperidine rings is 1. The van der Waals surface area contributed by atoms with E-state index < -0.39 is 0 Å². The van der Waals surface area contributed by atoms with Crippen LogP contribution in [0.4, 0.5) is 0 Å².